The maximum atomic E-state index is 4.78. The van der Waals surface area contributed by atoms with Gasteiger partial charge in [0.1, 0.15) is 0 Å². The molecule has 0 spiro atoms. The summed E-state index contributed by atoms with van der Waals surface area (Å²) in [7, 11) is 4.00. The standard InChI is InChI=1S/C21H18N4.Pt/c1-24-13-5-11-20(24)18-9-3-7-16(22-18)15-17-8-4-10-19(23-17)21-12-6-14-25(21)2;/h3-10,13-14H,15H2,1-2H3;/q-2;+2. The first-order valence-electron chi connectivity index (χ1n) is 8.19. The Kier molecular flexibility index (Phi) is 5.53. The van der Waals surface area contributed by atoms with Gasteiger partial charge in [-0.05, 0) is 37.6 Å². The summed E-state index contributed by atoms with van der Waals surface area (Å²) in [5.41, 5.74) is 5.82. The van der Waals surface area contributed by atoms with E-state index in [4.69, 9.17) is 9.97 Å². The minimum Gasteiger partial charge on any atom is -0.422 e. The Bertz CT molecular complexity index is 934. The van der Waals surface area contributed by atoms with Gasteiger partial charge in [0.2, 0.25) is 0 Å². The number of aryl methyl sites for hydroxylation is 2. The Morgan fingerprint density at radius 3 is 1.62 bits per heavy atom. The molecule has 0 unspecified atom stereocenters. The molecule has 0 N–H and O–H groups in total. The van der Waals surface area contributed by atoms with Crippen molar-refractivity contribution in [3.8, 4) is 22.8 Å². The van der Waals surface area contributed by atoms with Crippen molar-refractivity contribution >= 4 is 0 Å². The van der Waals surface area contributed by atoms with E-state index in [1.807, 2.05) is 84.2 Å². The summed E-state index contributed by atoms with van der Waals surface area (Å²) < 4.78 is 4.05. The Balaban J connectivity index is 0.00000196. The molecule has 0 amide bonds. The molecule has 0 aliphatic heterocycles. The topological polar surface area (TPSA) is 35.6 Å². The Hall–Kier alpha value is -2.45. The maximum Gasteiger partial charge on any atom is 2.00 e. The molecule has 0 saturated carbocycles. The quantitative estimate of drug-likeness (QED) is 0.385. The molecule has 4 rings (SSSR count). The summed E-state index contributed by atoms with van der Waals surface area (Å²) in [6.07, 6.45) is 4.65. The molecule has 0 radical (unpaired) electrons. The summed E-state index contributed by atoms with van der Waals surface area (Å²) >= 11 is 0. The minimum atomic E-state index is 0. The summed E-state index contributed by atoms with van der Waals surface area (Å²) in [4.78, 5) is 9.55. The van der Waals surface area contributed by atoms with E-state index in [1.54, 1.807) is 0 Å². The molecular formula is C21H18N4Pt. The second kappa shape index (κ2) is 7.84. The van der Waals surface area contributed by atoms with E-state index in [0.717, 1.165) is 34.2 Å². The van der Waals surface area contributed by atoms with Crippen LogP contribution in [0.5, 0.6) is 0 Å². The van der Waals surface area contributed by atoms with Crippen LogP contribution < -0.4 is 0 Å². The maximum absolute atomic E-state index is 4.78. The molecule has 0 fully saturated rings. The van der Waals surface area contributed by atoms with Crippen LogP contribution in [0, 0.1) is 12.1 Å². The van der Waals surface area contributed by atoms with Crippen molar-refractivity contribution in [1.82, 2.24) is 19.1 Å². The third-order valence-corrected chi connectivity index (χ3v) is 4.20. The molecule has 0 bridgehead atoms. The van der Waals surface area contributed by atoms with Crippen LogP contribution in [0.2, 0.25) is 0 Å². The average Bonchev–Trinajstić information content (AvgIpc) is 3.23. The second-order valence-corrected chi connectivity index (χ2v) is 6.04. The molecule has 0 aromatic carbocycles. The van der Waals surface area contributed by atoms with E-state index in [0.29, 0.717) is 6.42 Å². The van der Waals surface area contributed by atoms with Crippen LogP contribution in [-0.2, 0) is 41.6 Å². The van der Waals surface area contributed by atoms with Crippen molar-refractivity contribution in [2.45, 2.75) is 6.42 Å². The normalized spacial score (nSPS) is 10.5. The van der Waals surface area contributed by atoms with Gasteiger partial charge in [0.25, 0.3) is 0 Å². The van der Waals surface area contributed by atoms with Gasteiger partial charge in [-0.2, -0.15) is 24.3 Å². The molecule has 0 saturated heterocycles. The van der Waals surface area contributed by atoms with E-state index >= 15 is 0 Å². The molecule has 4 nitrogen and oxygen atoms in total. The predicted molar refractivity (Wildman–Crippen MR) is 97.8 cm³/mol. The number of hydrogen-bond donors (Lipinski definition) is 0. The van der Waals surface area contributed by atoms with Crippen LogP contribution in [0.25, 0.3) is 22.8 Å². The van der Waals surface area contributed by atoms with E-state index < -0.39 is 0 Å². The fourth-order valence-corrected chi connectivity index (χ4v) is 2.92. The molecular weight excluding hydrogens is 503 g/mol. The van der Waals surface area contributed by atoms with Crippen LogP contribution in [-0.4, -0.2) is 19.1 Å². The molecule has 4 heterocycles. The van der Waals surface area contributed by atoms with Gasteiger partial charge in [0.15, 0.2) is 0 Å². The summed E-state index contributed by atoms with van der Waals surface area (Å²) in [5, 5.41) is 0. The van der Waals surface area contributed by atoms with Crippen molar-refractivity contribution in [2.24, 2.45) is 14.1 Å². The number of pyridine rings is 2. The van der Waals surface area contributed by atoms with Crippen LogP contribution in [0.4, 0.5) is 0 Å². The Labute approximate surface area is 167 Å². The van der Waals surface area contributed by atoms with Gasteiger partial charge in [-0.15, -0.1) is 0 Å². The zero-order chi connectivity index (χ0) is 17.2. The predicted octanol–water partition coefficient (Wildman–Crippen LogP) is 3.68. The summed E-state index contributed by atoms with van der Waals surface area (Å²) in [6, 6.07) is 22.4. The van der Waals surface area contributed by atoms with Crippen molar-refractivity contribution in [3.05, 3.63) is 84.4 Å². The first kappa shape index (κ1) is 18.3. The average molecular weight is 521 g/mol. The van der Waals surface area contributed by atoms with Crippen LogP contribution in [0.3, 0.4) is 0 Å². The third-order valence-electron chi connectivity index (χ3n) is 4.20. The first-order valence-corrected chi connectivity index (χ1v) is 8.19. The van der Waals surface area contributed by atoms with Crippen molar-refractivity contribution < 1.29 is 21.1 Å². The Morgan fingerprint density at radius 1 is 0.769 bits per heavy atom. The van der Waals surface area contributed by atoms with E-state index in [9.17, 15) is 0 Å². The van der Waals surface area contributed by atoms with Crippen LogP contribution >= 0.6 is 0 Å². The number of aromatic nitrogens is 4. The summed E-state index contributed by atoms with van der Waals surface area (Å²) in [6.45, 7) is 0. The molecule has 26 heavy (non-hydrogen) atoms. The second-order valence-electron chi connectivity index (χ2n) is 6.04. The largest absolute Gasteiger partial charge is 2.00 e. The van der Waals surface area contributed by atoms with Gasteiger partial charge >= 0.3 is 21.1 Å². The van der Waals surface area contributed by atoms with Gasteiger partial charge in [-0.3, -0.25) is 0 Å². The summed E-state index contributed by atoms with van der Waals surface area (Å²) in [5.74, 6) is 0. The van der Waals surface area contributed by atoms with Crippen LogP contribution in [0.1, 0.15) is 11.4 Å². The van der Waals surface area contributed by atoms with Crippen molar-refractivity contribution in [1.29, 1.82) is 0 Å². The van der Waals surface area contributed by atoms with Gasteiger partial charge in [-0.1, -0.05) is 48.0 Å². The first-order chi connectivity index (χ1) is 12.2. The van der Waals surface area contributed by atoms with Gasteiger partial charge in [0.05, 0.1) is 0 Å². The van der Waals surface area contributed by atoms with Crippen molar-refractivity contribution in [2.75, 3.05) is 0 Å². The molecule has 132 valence electrons. The smallest absolute Gasteiger partial charge is 0.422 e. The van der Waals surface area contributed by atoms with E-state index in [2.05, 4.69) is 12.1 Å². The monoisotopic (exact) mass is 521 g/mol. The third kappa shape index (κ3) is 3.71. The molecule has 0 aliphatic rings. The van der Waals surface area contributed by atoms with E-state index in [-0.39, 0.29) is 21.1 Å². The number of hydrogen-bond acceptors (Lipinski definition) is 2. The Morgan fingerprint density at radius 2 is 1.23 bits per heavy atom. The molecule has 0 aliphatic carbocycles. The minimum absolute atomic E-state index is 0. The zero-order valence-electron chi connectivity index (χ0n) is 14.6. The molecule has 0 atom stereocenters. The molecule has 5 heteroatoms. The SMILES string of the molecule is Cn1cc[c-]c1-c1cccc(Cc2cccc(-c3[c-]ccn3C)n2)n1.[Pt+2]. The van der Waals surface area contributed by atoms with Gasteiger partial charge in [0, 0.05) is 17.8 Å². The molecule has 4 aromatic heterocycles. The number of nitrogens with zero attached hydrogens (tertiary/aromatic N) is 4. The fraction of sp³-hybridized carbons (Fsp3) is 0.143. The number of rotatable bonds is 4. The van der Waals surface area contributed by atoms with Crippen LogP contribution in [0.15, 0.2) is 60.9 Å². The van der Waals surface area contributed by atoms with Gasteiger partial charge < -0.3 is 19.1 Å². The van der Waals surface area contributed by atoms with E-state index in [1.165, 1.54) is 0 Å². The zero-order valence-corrected chi connectivity index (χ0v) is 16.9. The van der Waals surface area contributed by atoms with Gasteiger partial charge in [-0.25, -0.2) is 0 Å². The van der Waals surface area contributed by atoms with Crippen molar-refractivity contribution in [3.63, 3.8) is 0 Å². The molecule has 4 aromatic rings. The fourth-order valence-electron chi connectivity index (χ4n) is 2.92.